The van der Waals surface area contributed by atoms with Crippen LogP contribution in [0, 0.1) is 0 Å². The van der Waals surface area contributed by atoms with E-state index in [1.165, 1.54) is 11.5 Å². The van der Waals surface area contributed by atoms with Crippen LogP contribution < -0.4 is 4.74 Å². The molecule has 0 bridgehead atoms. The van der Waals surface area contributed by atoms with Gasteiger partial charge in [-0.05, 0) is 37.5 Å². The molecule has 0 amide bonds. The molecule has 4 heteroatoms. The summed E-state index contributed by atoms with van der Waals surface area (Å²) in [5.41, 5.74) is 0. The lowest BCUT2D eigenvalue weighted by atomic mass is 10.3. The van der Waals surface area contributed by atoms with Crippen LogP contribution in [0.5, 0.6) is 5.88 Å². The van der Waals surface area contributed by atoms with Crippen LogP contribution in [0.25, 0.3) is 10.1 Å². The minimum Gasteiger partial charge on any atom is -0.474 e. The van der Waals surface area contributed by atoms with Crippen molar-refractivity contribution in [3.8, 4) is 5.88 Å². The number of hydrogen-bond donors (Lipinski definition) is 0. The minimum atomic E-state index is 0.122. The number of nitrogens with zero attached hydrogens (tertiary/aromatic N) is 1. The molecule has 0 saturated carbocycles. The molecule has 0 unspecified atom stereocenters. The van der Waals surface area contributed by atoms with Crippen molar-refractivity contribution in [1.82, 2.24) is 4.37 Å². The Labute approximate surface area is 91.6 Å². The van der Waals surface area contributed by atoms with Gasteiger partial charge in [-0.1, -0.05) is 17.7 Å². The zero-order valence-corrected chi connectivity index (χ0v) is 9.52. The quantitative estimate of drug-likeness (QED) is 0.780. The molecule has 0 fully saturated rings. The highest BCUT2D eigenvalue weighted by Gasteiger charge is 2.11. The van der Waals surface area contributed by atoms with E-state index in [-0.39, 0.29) is 6.10 Å². The second kappa shape index (κ2) is 3.75. The van der Waals surface area contributed by atoms with Gasteiger partial charge in [0.15, 0.2) is 0 Å². The van der Waals surface area contributed by atoms with Gasteiger partial charge < -0.3 is 4.74 Å². The number of ether oxygens (including phenoxy) is 1. The maximum Gasteiger partial charge on any atom is 0.234 e. The van der Waals surface area contributed by atoms with E-state index in [4.69, 9.17) is 16.3 Å². The maximum absolute atomic E-state index is 6.07. The van der Waals surface area contributed by atoms with Crippen LogP contribution in [0.3, 0.4) is 0 Å². The van der Waals surface area contributed by atoms with Gasteiger partial charge >= 0.3 is 0 Å². The van der Waals surface area contributed by atoms with Crippen molar-refractivity contribution in [3.63, 3.8) is 0 Å². The highest BCUT2D eigenvalue weighted by atomic mass is 35.5. The normalized spacial score (nSPS) is 11.1. The van der Waals surface area contributed by atoms with Gasteiger partial charge in [-0.3, -0.25) is 0 Å². The Bertz CT molecular complexity index is 452. The summed E-state index contributed by atoms with van der Waals surface area (Å²) < 4.78 is 10.9. The lowest BCUT2D eigenvalue weighted by Crippen LogP contribution is -2.05. The van der Waals surface area contributed by atoms with Crippen LogP contribution >= 0.6 is 23.1 Å². The van der Waals surface area contributed by atoms with Gasteiger partial charge in [0, 0.05) is 0 Å². The molecule has 1 aromatic heterocycles. The molecule has 0 radical (unpaired) electrons. The van der Waals surface area contributed by atoms with Crippen molar-refractivity contribution in [2.24, 2.45) is 0 Å². The van der Waals surface area contributed by atoms with Crippen LogP contribution in [-0.2, 0) is 0 Å². The first-order chi connectivity index (χ1) is 6.68. The third-order valence-electron chi connectivity index (χ3n) is 1.76. The lowest BCUT2D eigenvalue weighted by Gasteiger charge is -2.06. The lowest BCUT2D eigenvalue weighted by molar-refractivity contribution is 0.238. The van der Waals surface area contributed by atoms with Gasteiger partial charge in [0.05, 0.1) is 21.2 Å². The molecule has 2 aromatic rings. The maximum atomic E-state index is 6.07. The predicted octanol–water partition coefficient (Wildman–Crippen LogP) is 3.74. The molecule has 1 heterocycles. The van der Waals surface area contributed by atoms with Gasteiger partial charge in [-0.15, -0.1) is 0 Å². The summed E-state index contributed by atoms with van der Waals surface area (Å²) in [5.74, 6) is 0.644. The molecule has 1 aromatic carbocycles. The second-order valence-electron chi connectivity index (χ2n) is 3.27. The Morgan fingerprint density at radius 3 is 2.93 bits per heavy atom. The highest BCUT2D eigenvalue weighted by Crippen LogP contribution is 2.34. The van der Waals surface area contributed by atoms with Crippen molar-refractivity contribution in [2.75, 3.05) is 0 Å². The van der Waals surface area contributed by atoms with Crippen molar-refractivity contribution in [3.05, 3.63) is 23.2 Å². The van der Waals surface area contributed by atoms with E-state index >= 15 is 0 Å². The van der Waals surface area contributed by atoms with Crippen LogP contribution in [-0.4, -0.2) is 10.5 Å². The van der Waals surface area contributed by atoms with E-state index in [0.29, 0.717) is 10.9 Å². The number of halogens is 1. The van der Waals surface area contributed by atoms with Crippen LogP contribution in [0.1, 0.15) is 13.8 Å². The first-order valence-electron chi connectivity index (χ1n) is 4.39. The van der Waals surface area contributed by atoms with Gasteiger partial charge in [0.1, 0.15) is 0 Å². The summed E-state index contributed by atoms with van der Waals surface area (Å²) in [6.45, 7) is 3.95. The van der Waals surface area contributed by atoms with E-state index in [2.05, 4.69) is 4.37 Å². The Morgan fingerprint density at radius 1 is 1.43 bits per heavy atom. The zero-order valence-electron chi connectivity index (χ0n) is 7.95. The molecule has 0 saturated heterocycles. The average molecular weight is 228 g/mol. The molecule has 0 atom stereocenters. The second-order valence-corrected chi connectivity index (χ2v) is 4.48. The molecule has 14 heavy (non-hydrogen) atoms. The third kappa shape index (κ3) is 1.70. The van der Waals surface area contributed by atoms with Crippen LogP contribution in [0.2, 0.25) is 5.02 Å². The standard InChI is InChI=1S/C10H10ClNOS/c1-6(2)13-10-9-7(11)4-3-5-8(9)14-12-10/h3-6H,1-2H3. The molecule has 0 N–H and O–H groups in total. The Balaban J connectivity index is 2.55. The molecule has 74 valence electrons. The molecule has 0 aliphatic heterocycles. The van der Waals surface area contributed by atoms with Crippen molar-refractivity contribution < 1.29 is 4.74 Å². The topological polar surface area (TPSA) is 22.1 Å². The number of benzene rings is 1. The SMILES string of the molecule is CC(C)Oc1nsc2cccc(Cl)c12. The Kier molecular flexibility index (Phi) is 2.61. The van der Waals surface area contributed by atoms with E-state index in [0.717, 1.165) is 10.1 Å². The largest absolute Gasteiger partial charge is 0.474 e. The number of rotatable bonds is 2. The Hall–Kier alpha value is -0.800. The van der Waals surface area contributed by atoms with Gasteiger partial charge in [-0.2, -0.15) is 4.37 Å². The monoisotopic (exact) mass is 227 g/mol. The third-order valence-corrected chi connectivity index (χ3v) is 2.87. The fourth-order valence-electron chi connectivity index (χ4n) is 1.23. The van der Waals surface area contributed by atoms with Gasteiger partial charge in [0.2, 0.25) is 5.88 Å². The minimum absolute atomic E-state index is 0.122. The Morgan fingerprint density at radius 2 is 2.21 bits per heavy atom. The summed E-state index contributed by atoms with van der Waals surface area (Å²) in [5, 5.41) is 1.62. The van der Waals surface area contributed by atoms with Crippen molar-refractivity contribution in [2.45, 2.75) is 20.0 Å². The van der Waals surface area contributed by atoms with Gasteiger partial charge in [-0.25, -0.2) is 0 Å². The summed E-state index contributed by atoms with van der Waals surface area (Å²) in [6, 6.07) is 5.76. The molecule has 2 rings (SSSR count). The smallest absolute Gasteiger partial charge is 0.234 e. The number of hydrogen-bond acceptors (Lipinski definition) is 3. The van der Waals surface area contributed by atoms with E-state index in [1.807, 2.05) is 32.0 Å². The summed E-state index contributed by atoms with van der Waals surface area (Å²) >= 11 is 7.48. The molecular formula is C10H10ClNOS. The average Bonchev–Trinajstić information content (AvgIpc) is 2.49. The van der Waals surface area contributed by atoms with Crippen molar-refractivity contribution >= 4 is 33.2 Å². The highest BCUT2D eigenvalue weighted by molar-refractivity contribution is 7.13. The summed E-state index contributed by atoms with van der Waals surface area (Å²) in [6.07, 6.45) is 0.122. The van der Waals surface area contributed by atoms with E-state index in [9.17, 15) is 0 Å². The van der Waals surface area contributed by atoms with Gasteiger partial charge in [0.25, 0.3) is 0 Å². The van der Waals surface area contributed by atoms with E-state index < -0.39 is 0 Å². The molecular weight excluding hydrogens is 218 g/mol. The number of fused-ring (bicyclic) bond motifs is 1. The zero-order chi connectivity index (χ0) is 10.1. The summed E-state index contributed by atoms with van der Waals surface area (Å²) in [7, 11) is 0. The van der Waals surface area contributed by atoms with Crippen molar-refractivity contribution in [1.29, 1.82) is 0 Å². The van der Waals surface area contributed by atoms with Crippen LogP contribution in [0.15, 0.2) is 18.2 Å². The fourth-order valence-corrected chi connectivity index (χ4v) is 2.28. The molecule has 0 spiro atoms. The molecule has 0 aliphatic carbocycles. The van der Waals surface area contributed by atoms with Crippen LogP contribution in [0.4, 0.5) is 0 Å². The molecule has 0 aliphatic rings. The first-order valence-corrected chi connectivity index (χ1v) is 5.54. The summed E-state index contributed by atoms with van der Waals surface area (Å²) in [4.78, 5) is 0. The van der Waals surface area contributed by atoms with E-state index in [1.54, 1.807) is 0 Å². The molecule has 2 nitrogen and oxygen atoms in total. The fraction of sp³-hybridized carbons (Fsp3) is 0.300. The number of aromatic nitrogens is 1. The first kappa shape index (κ1) is 9.74. The predicted molar refractivity (Wildman–Crippen MR) is 60.4 cm³/mol.